The maximum Gasteiger partial charge on any atom is 0.393 e. The number of alkyl halides is 3. The van der Waals surface area contributed by atoms with Gasteiger partial charge in [-0.3, -0.25) is 0 Å². The second-order valence-electron chi connectivity index (χ2n) is 4.73. The molecule has 2 heterocycles. The molecular formula is C11H13F3N2O2S3. The molecule has 10 heteroatoms. The lowest BCUT2D eigenvalue weighted by atomic mass is 9.99. The van der Waals surface area contributed by atoms with Crippen LogP contribution in [-0.4, -0.2) is 37.0 Å². The maximum absolute atomic E-state index is 12.8. The molecule has 0 saturated carbocycles. The molecule has 118 valence electrons. The van der Waals surface area contributed by atoms with Crippen molar-refractivity contribution in [2.24, 2.45) is 11.7 Å². The molecule has 0 amide bonds. The third-order valence-electron chi connectivity index (χ3n) is 3.27. The van der Waals surface area contributed by atoms with Crippen molar-refractivity contribution in [1.82, 2.24) is 4.31 Å². The van der Waals surface area contributed by atoms with Crippen molar-refractivity contribution in [3.8, 4) is 0 Å². The molecule has 0 aliphatic carbocycles. The molecule has 0 aromatic carbocycles. The zero-order chi connectivity index (χ0) is 15.8. The molecule has 4 nitrogen and oxygen atoms in total. The number of halogens is 3. The minimum Gasteiger partial charge on any atom is -0.389 e. The van der Waals surface area contributed by atoms with Gasteiger partial charge >= 0.3 is 6.18 Å². The Morgan fingerprint density at radius 3 is 2.62 bits per heavy atom. The van der Waals surface area contributed by atoms with Crippen molar-refractivity contribution in [1.29, 1.82) is 0 Å². The van der Waals surface area contributed by atoms with Gasteiger partial charge in [0.2, 0.25) is 0 Å². The first-order valence-corrected chi connectivity index (χ1v) is 8.75. The van der Waals surface area contributed by atoms with E-state index in [1.807, 2.05) is 0 Å². The highest BCUT2D eigenvalue weighted by Crippen LogP contribution is 2.35. The second-order valence-corrected chi connectivity index (χ2v) is 8.42. The Balaban J connectivity index is 2.24. The third kappa shape index (κ3) is 3.55. The average molecular weight is 358 g/mol. The fourth-order valence-electron chi connectivity index (χ4n) is 2.15. The van der Waals surface area contributed by atoms with Gasteiger partial charge in [0.05, 0.1) is 10.8 Å². The molecule has 1 aliphatic rings. The minimum absolute atomic E-state index is 0.0341. The molecule has 1 aromatic rings. The van der Waals surface area contributed by atoms with E-state index in [-0.39, 0.29) is 28.6 Å². The number of thiophene rings is 1. The normalized spacial score (nSPS) is 21.4. The van der Waals surface area contributed by atoms with Crippen LogP contribution in [0.25, 0.3) is 0 Å². The number of hydrogen-bond donors (Lipinski definition) is 1. The monoisotopic (exact) mass is 358 g/mol. The maximum atomic E-state index is 12.8. The molecule has 21 heavy (non-hydrogen) atoms. The van der Waals surface area contributed by atoms with E-state index < -0.39 is 28.7 Å². The van der Waals surface area contributed by atoms with E-state index in [2.05, 4.69) is 0 Å². The molecule has 2 rings (SSSR count). The summed E-state index contributed by atoms with van der Waals surface area (Å²) in [5.74, 6) is -1.61. The van der Waals surface area contributed by atoms with E-state index in [0.717, 1.165) is 15.6 Å². The molecule has 1 saturated heterocycles. The standard InChI is InChI=1S/C11H13F3N2O2S3/c12-11(13,14)7-2-1-5-16(6-7)21(17,18)9-4-3-8(20-9)10(15)19/h3-4,7H,1-2,5-6H2,(H2,15,19). The van der Waals surface area contributed by atoms with E-state index in [4.69, 9.17) is 18.0 Å². The lowest BCUT2D eigenvalue weighted by Crippen LogP contribution is -2.44. The molecule has 0 bridgehead atoms. The summed E-state index contributed by atoms with van der Waals surface area (Å²) in [5.41, 5.74) is 5.41. The van der Waals surface area contributed by atoms with Gasteiger partial charge in [-0.05, 0) is 25.0 Å². The van der Waals surface area contributed by atoms with E-state index in [0.29, 0.717) is 4.88 Å². The first kappa shape index (κ1) is 16.7. The number of rotatable bonds is 3. The van der Waals surface area contributed by atoms with Crippen LogP contribution in [0.5, 0.6) is 0 Å². The Morgan fingerprint density at radius 1 is 1.43 bits per heavy atom. The third-order valence-corrected chi connectivity index (χ3v) is 7.07. The molecule has 2 N–H and O–H groups in total. The van der Waals surface area contributed by atoms with E-state index in [9.17, 15) is 21.6 Å². The smallest absolute Gasteiger partial charge is 0.389 e. The van der Waals surface area contributed by atoms with Gasteiger partial charge in [0.15, 0.2) is 0 Å². The quantitative estimate of drug-likeness (QED) is 0.843. The van der Waals surface area contributed by atoms with Gasteiger partial charge in [-0.1, -0.05) is 12.2 Å². The van der Waals surface area contributed by atoms with Crippen molar-refractivity contribution in [3.63, 3.8) is 0 Å². The van der Waals surface area contributed by atoms with Gasteiger partial charge in [0, 0.05) is 13.1 Å². The predicted molar refractivity (Wildman–Crippen MR) is 77.7 cm³/mol. The van der Waals surface area contributed by atoms with Crippen LogP contribution < -0.4 is 5.73 Å². The summed E-state index contributed by atoms with van der Waals surface area (Å²) in [7, 11) is -3.93. The lowest BCUT2D eigenvalue weighted by Gasteiger charge is -2.32. The highest BCUT2D eigenvalue weighted by Gasteiger charge is 2.44. The molecule has 1 aromatic heterocycles. The fraction of sp³-hybridized carbons (Fsp3) is 0.545. The van der Waals surface area contributed by atoms with Crippen LogP contribution in [0, 0.1) is 5.92 Å². The summed E-state index contributed by atoms with van der Waals surface area (Å²) in [4.78, 5) is 0.487. The zero-order valence-corrected chi connectivity index (χ0v) is 13.2. The Bertz CT molecular complexity index is 639. The number of nitrogens with two attached hydrogens (primary N) is 1. The molecule has 0 radical (unpaired) electrons. The van der Waals surface area contributed by atoms with Crippen molar-refractivity contribution < 1.29 is 21.6 Å². The zero-order valence-electron chi connectivity index (χ0n) is 10.8. The predicted octanol–water partition coefficient (Wildman–Crippen LogP) is 2.35. The van der Waals surface area contributed by atoms with Gasteiger partial charge in [-0.15, -0.1) is 11.3 Å². The second kappa shape index (κ2) is 5.82. The summed E-state index contributed by atoms with van der Waals surface area (Å²) in [6.07, 6.45) is -4.23. The molecule has 1 unspecified atom stereocenters. The molecule has 1 aliphatic heterocycles. The van der Waals surface area contributed by atoms with Crippen LogP contribution in [0.4, 0.5) is 13.2 Å². The van der Waals surface area contributed by atoms with Gasteiger partial charge in [0.25, 0.3) is 10.0 Å². The van der Waals surface area contributed by atoms with Crippen LogP contribution in [0.1, 0.15) is 17.7 Å². The van der Waals surface area contributed by atoms with Crippen LogP contribution in [0.15, 0.2) is 16.3 Å². The van der Waals surface area contributed by atoms with Gasteiger partial charge in [-0.25, -0.2) is 8.42 Å². The van der Waals surface area contributed by atoms with Crippen LogP contribution >= 0.6 is 23.6 Å². The fourth-order valence-corrected chi connectivity index (χ4v) is 5.18. The Kier molecular flexibility index (Phi) is 4.62. The summed E-state index contributed by atoms with van der Waals surface area (Å²) < 4.78 is 63.9. The largest absolute Gasteiger partial charge is 0.393 e. The van der Waals surface area contributed by atoms with Crippen LogP contribution in [0.2, 0.25) is 0 Å². The SMILES string of the molecule is NC(=S)c1ccc(S(=O)(=O)N2CCCC(C(F)(F)F)C2)s1. The number of piperidine rings is 1. The minimum atomic E-state index is -4.38. The van der Waals surface area contributed by atoms with Crippen molar-refractivity contribution in [2.45, 2.75) is 23.2 Å². The summed E-state index contributed by atoms with van der Waals surface area (Å²) in [6.45, 7) is -0.443. The average Bonchev–Trinajstić information content (AvgIpc) is 2.88. The highest BCUT2D eigenvalue weighted by molar-refractivity contribution is 7.91. The van der Waals surface area contributed by atoms with Crippen LogP contribution in [0.3, 0.4) is 0 Å². The summed E-state index contributed by atoms with van der Waals surface area (Å²) >= 11 is 5.63. The molecule has 1 fully saturated rings. The Labute approximate surface area is 129 Å². The lowest BCUT2D eigenvalue weighted by molar-refractivity contribution is -0.182. The van der Waals surface area contributed by atoms with Gasteiger partial charge in [0.1, 0.15) is 9.20 Å². The number of sulfonamides is 1. The molecule has 0 spiro atoms. The van der Waals surface area contributed by atoms with Crippen molar-refractivity contribution in [3.05, 3.63) is 17.0 Å². The number of thiocarbonyl (C=S) groups is 1. The van der Waals surface area contributed by atoms with Gasteiger partial charge < -0.3 is 5.73 Å². The number of hydrogen-bond acceptors (Lipinski definition) is 4. The van der Waals surface area contributed by atoms with Crippen molar-refractivity contribution >= 4 is 38.6 Å². The van der Waals surface area contributed by atoms with Crippen molar-refractivity contribution in [2.75, 3.05) is 13.1 Å². The van der Waals surface area contributed by atoms with Gasteiger partial charge in [-0.2, -0.15) is 17.5 Å². The number of nitrogens with zero attached hydrogens (tertiary/aromatic N) is 1. The highest BCUT2D eigenvalue weighted by atomic mass is 32.2. The van der Waals surface area contributed by atoms with Crippen LogP contribution in [-0.2, 0) is 10.0 Å². The summed E-state index contributed by atoms with van der Waals surface area (Å²) in [5, 5.41) is 0. The first-order valence-electron chi connectivity index (χ1n) is 6.09. The van der Waals surface area contributed by atoms with E-state index >= 15 is 0 Å². The topological polar surface area (TPSA) is 63.4 Å². The summed E-state index contributed by atoms with van der Waals surface area (Å²) in [6, 6.07) is 2.79. The molecule has 1 atom stereocenters. The Morgan fingerprint density at radius 2 is 2.10 bits per heavy atom. The Hall–Kier alpha value is -0.710. The first-order chi connectivity index (χ1) is 9.62. The van der Waals surface area contributed by atoms with E-state index in [1.165, 1.54) is 12.1 Å². The molecular weight excluding hydrogens is 345 g/mol. The van der Waals surface area contributed by atoms with E-state index in [1.54, 1.807) is 0 Å².